The standard InChI is InChI=1S/C28H25N3O6/c32-26(33)15-21-16-31(28(34)36-22-11-5-2-6-12-22)17-24(21)20-10-7-13-23(14-20)35-18-25-29-27(37-30-25)19-8-3-1-4-9-19/h1-14,21,24H,15-18H2,(H,32,33)/t21-,24-/m0/s1. The maximum Gasteiger partial charge on any atom is 0.415 e. The van der Waals surface area contributed by atoms with Crippen molar-refractivity contribution >= 4 is 12.1 Å². The molecule has 1 aliphatic rings. The number of para-hydroxylation sites is 1. The predicted molar refractivity (Wildman–Crippen MR) is 133 cm³/mol. The summed E-state index contributed by atoms with van der Waals surface area (Å²) in [4.78, 5) is 30.2. The maximum absolute atomic E-state index is 12.8. The molecular weight excluding hydrogens is 474 g/mol. The summed E-state index contributed by atoms with van der Waals surface area (Å²) in [7, 11) is 0. The molecule has 1 amide bonds. The topological polar surface area (TPSA) is 115 Å². The van der Waals surface area contributed by atoms with Gasteiger partial charge in [0.25, 0.3) is 5.89 Å². The van der Waals surface area contributed by atoms with Crippen LogP contribution in [-0.4, -0.2) is 45.3 Å². The van der Waals surface area contributed by atoms with Crippen LogP contribution in [0.25, 0.3) is 11.5 Å². The number of aliphatic carboxylic acids is 1. The highest BCUT2D eigenvalue weighted by Crippen LogP contribution is 2.36. The number of carboxylic acids is 1. The molecule has 1 saturated heterocycles. The summed E-state index contributed by atoms with van der Waals surface area (Å²) in [5, 5.41) is 13.4. The van der Waals surface area contributed by atoms with Gasteiger partial charge in [0, 0.05) is 24.6 Å². The van der Waals surface area contributed by atoms with Gasteiger partial charge in [-0.2, -0.15) is 4.98 Å². The number of carbonyl (C=O) groups excluding carboxylic acids is 1. The third-order valence-electron chi connectivity index (χ3n) is 6.23. The summed E-state index contributed by atoms with van der Waals surface area (Å²) in [5.74, 6) is 0.495. The number of carboxylic acid groups (broad SMARTS) is 1. The van der Waals surface area contributed by atoms with Crippen LogP contribution in [0, 0.1) is 5.92 Å². The predicted octanol–water partition coefficient (Wildman–Crippen LogP) is 5.00. The lowest BCUT2D eigenvalue weighted by atomic mass is 9.87. The fourth-order valence-corrected chi connectivity index (χ4v) is 4.48. The van der Waals surface area contributed by atoms with Gasteiger partial charge in [0.1, 0.15) is 11.5 Å². The smallest absolute Gasteiger partial charge is 0.415 e. The molecule has 0 saturated carbocycles. The van der Waals surface area contributed by atoms with E-state index in [0.717, 1.165) is 11.1 Å². The van der Waals surface area contributed by atoms with Crippen LogP contribution >= 0.6 is 0 Å². The van der Waals surface area contributed by atoms with Crippen LogP contribution in [0.5, 0.6) is 11.5 Å². The zero-order valence-corrected chi connectivity index (χ0v) is 19.9. The minimum Gasteiger partial charge on any atom is -0.485 e. The summed E-state index contributed by atoms with van der Waals surface area (Å²) >= 11 is 0. The molecule has 0 radical (unpaired) electrons. The van der Waals surface area contributed by atoms with Crippen LogP contribution < -0.4 is 9.47 Å². The number of nitrogens with zero attached hydrogens (tertiary/aromatic N) is 3. The monoisotopic (exact) mass is 499 g/mol. The number of rotatable bonds is 8. The second-order valence-electron chi connectivity index (χ2n) is 8.79. The van der Waals surface area contributed by atoms with Gasteiger partial charge in [-0.1, -0.05) is 53.7 Å². The summed E-state index contributed by atoms with van der Waals surface area (Å²) in [6, 6.07) is 25.7. The van der Waals surface area contributed by atoms with E-state index in [9.17, 15) is 14.7 Å². The molecule has 0 unspecified atom stereocenters. The van der Waals surface area contributed by atoms with Crippen molar-refractivity contribution in [3.05, 3.63) is 96.3 Å². The fraction of sp³-hybridized carbons (Fsp3) is 0.214. The molecule has 0 aliphatic carbocycles. The van der Waals surface area contributed by atoms with Gasteiger partial charge in [-0.25, -0.2) is 4.79 Å². The molecule has 1 aromatic heterocycles. The molecule has 1 aliphatic heterocycles. The van der Waals surface area contributed by atoms with Crippen molar-refractivity contribution in [2.75, 3.05) is 13.1 Å². The zero-order valence-electron chi connectivity index (χ0n) is 19.9. The number of benzene rings is 3. The fourth-order valence-electron chi connectivity index (χ4n) is 4.48. The first-order valence-electron chi connectivity index (χ1n) is 11.9. The van der Waals surface area contributed by atoms with E-state index in [0.29, 0.717) is 36.3 Å². The van der Waals surface area contributed by atoms with Crippen molar-refractivity contribution in [1.82, 2.24) is 15.0 Å². The van der Waals surface area contributed by atoms with Gasteiger partial charge >= 0.3 is 12.1 Å². The Labute approximate surface area is 213 Å². The van der Waals surface area contributed by atoms with E-state index in [4.69, 9.17) is 14.0 Å². The minimum absolute atomic E-state index is 0.0595. The van der Waals surface area contributed by atoms with Gasteiger partial charge in [0.15, 0.2) is 6.61 Å². The highest BCUT2D eigenvalue weighted by atomic mass is 16.6. The summed E-state index contributed by atoms with van der Waals surface area (Å²) in [5.41, 5.74) is 1.71. The average molecular weight is 500 g/mol. The Kier molecular flexibility index (Phi) is 7.12. The Morgan fingerprint density at radius 3 is 2.43 bits per heavy atom. The lowest BCUT2D eigenvalue weighted by Gasteiger charge is -2.17. The molecule has 5 rings (SSSR count). The quantitative estimate of drug-likeness (QED) is 0.360. The van der Waals surface area contributed by atoms with Crippen LogP contribution in [-0.2, 0) is 11.4 Å². The lowest BCUT2D eigenvalue weighted by molar-refractivity contribution is -0.138. The van der Waals surface area contributed by atoms with Gasteiger partial charge in [-0.05, 0) is 47.9 Å². The van der Waals surface area contributed by atoms with Crippen molar-refractivity contribution in [2.24, 2.45) is 5.92 Å². The van der Waals surface area contributed by atoms with Crippen molar-refractivity contribution in [2.45, 2.75) is 18.9 Å². The highest BCUT2D eigenvalue weighted by Gasteiger charge is 2.38. The Hall–Kier alpha value is -4.66. The van der Waals surface area contributed by atoms with Gasteiger partial charge in [0.2, 0.25) is 5.82 Å². The number of aromatic nitrogens is 2. The van der Waals surface area contributed by atoms with Crippen LogP contribution in [0.3, 0.4) is 0 Å². The van der Waals surface area contributed by atoms with E-state index >= 15 is 0 Å². The van der Waals surface area contributed by atoms with Gasteiger partial charge in [0.05, 0.1) is 6.42 Å². The molecule has 2 heterocycles. The number of amides is 1. The van der Waals surface area contributed by atoms with Crippen LogP contribution in [0.15, 0.2) is 89.5 Å². The number of hydrogen-bond donors (Lipinski definition) is 1. The van der Waals surface area contributed by atoms with Gasteiger partial charge < -0.3 is 24.0 Å². The molecule has 4 aromatic rings. The van der Waals surface area contributed by atoms with Crippen molar-refractivity contribution in [3.8, 4) is 23.0 Å². The van der Waals surface area contributed by atoms with E-state index in [-0.39, 0.29) is 24.9 Å². The maximum atomic E-state index is 12.8. The van der Waals surface area contributed by atoms with Crippen LogP contribution in [0.4, 0.5) is 4.79 Å². The second kappa shape index (κ2) is 10.9. The molecule has 3 aromatic carbocycles. The van der Waals surface area contributed by atoms with E-state index in [1.54, 1.807) is 29.2 Å². The SMILES string of the molecule is O=C(O)C[C@H]1CN(C(=O)Oc2ccccc2)C[C@H]1c1cccc(OCc2noc(-c3ccccc3)n2)c1. The van der Waals surface area contributed by atoms with E-state index in [1.807, 2.05) is 60.7 Å². The molecule has 2 atom stereocenters. The first-order chi connectivity index (χ1) is 18.0. The summed E-state index contributed by atoms with van der Waals surface area (Å²) in [6.45, 7) is 0.746. The van der Waals surface area contributed by atoms with Gasteiger partial charge in [-0.3, -0.25) is 4.79 Å². The van der Waals surface area contributed by atoms with E-state index in [1.165, 1.54) is 0 Å². The largest absolute Gasteiger partial charge is 0.485 e. The molecule has 188 valence electrons. The molecular formula is C28H25N3O6. The molecule has 0 spiro atoms. The van der Waals surface area contributed by atoms with Crippen molar-refractivity contribution < 1.29 is 28.7 Å². The summed E-state index contributed by atoms with van der Waals surface area (Å²) < 4.78 is 16.7. The molecule has 9 nitrogen and oxygen atoms in total. The number of hydrogen-bond acceptors (Lipinski definition) is 7. The molecule has 0 bridgehead atoms. The molecule has 1 fully saturated rings. The number of likely N-dealkylation sites (tertiary alicyclic amines) is 1. The van der Waals surface area contributed by atoms with E-state index < -0.39 is 12.1 Å². The Bertz CT molecular complexity index is 1360. The third-order valence-corrected chi connectivity index (χ3v) is 6.23. The first-order valence-corrected chi connectivity index (χ1v) is 11.9. The van der Waals surface area contributed by atoms with E-state index in [2.05, 4.69) is 10.1 Å². The van der Waals surface area contributed by atoms with Crippen molar-refractivity contribution in [1.29, 1.82) is 0 Å². The average Bonchev–Trinajstić information content (AvgIpc) is 3.56. The summed E-state index contributed by atoms with van der Waals surface area (Å²) in [6.07, 6.45) is -0.557. The Morgan fingerprint density at radius 2 is 1.68 bits per heavy atom. The first kappa shape index (κ1) is 24.1. The highest BCUT2D eigenvalue weighted by molar-refractivity contribution is 5.72. The van der Waals surface area contributed by atoms with Crippen LogP contribution in [0.1, 0.15) is 23.7 Å². The number of carbonyl (C=O) groups is 2. The molecule has 1 N–H and O–H groups in total. The van der Waals surface area contributed by atoms with Crippen molar-refractivity contribution in [3.63, 3.8) is 0 Å². The molecule has 37 heavy (non-hydrogen) atoms. The molecule has 9 heteroatoms. The Morgan fingerprint density at radius 1 is 0.946 bits per heavy atom. The lowest BCUT2D eigenvalue weighted by Crippen LogP contribution is -2.31. The Balaban J connectivity index is 1.26. The minimum atomic E-state index is -0.910. The zero-order chi connectivity index (χ0) is 25.6. The second-order valence-corrected chi connectivity index (χ2v) is 8.79. The third kappa shape index (κ3) is 5.95. The van der Waals surface area contributed by atoms with Gasteiger partial charge in [-0.15, -0.1) is 0 Å². The number of ether oxygens (including phenoxy) is 2. The van der Waals surface area contributed by atoms with Crippen LogP contribution in [0.2, 0.25) is 0 Å². The normalized spacial score (nSPS) is 16.9.